The fourth-order valence-electron chi connectivity index (χ4n) is 1.70. The summed E-state index contributed by atoms with van der Waals surface area (Å²) in [4.78, 5) is 0. The third-order valence-corrected chi connectivity index (χ3v) is 2.67. The molecule has 0 unspecified atom stereocenters. The summed E-state index contributed by atoms with van der Waals surface area (Å²) < 4.78 is 5.23. The van der Waals surface area contributed by atoms with Crippen LogP contribution in [0.5, 0.6) is 0 Å². The number of hydrogen-bond donors (Lipinski definition) is 1. The number of nitrogens with one attached hydrogen (secondary N) is 1. The van der Waals surface area contributed by atoms with Gasteiger partial charge in [0, 0.05) is 6.54 Å². The van der Waals surface area contributed by atoms with E-state index in [1.807, 2.05) is 37.3 Å². The van der Waals surface area contributed by atoms with Crippen molar-refractivity contribution in [1.82, 2.24) is 5.32 Å². The van der Waals surface area contributed by atoms with Crippen LogP contribution < -0.4 is 5.32 Å². The van der Waals surface area contributed by atoms with Crippen LogP contribution in [-0.2, 0) is 13.1 Å². The molecule has 3 heteroatoms. The predicted octanol–water partition coefficient (Wildman–Crippen LogP) is 2.75. The van der Waals surface area contributed by atoms with Crippen molar-refractivity contribution in [3.05, 3.63) is 59.0 Å². The Morgan fingerprint density at radius 2 is 2.18 bits per heavy atom. The summed E-state index contributed by atoms with van der Waals surface area (Å²) in [5.74, 6) is 0.927. The zero-order valence-electron chi connectivity index (χ0n) is 9.73. The Bertz CT molecular complexity index is 524. The van der Waals surface area contributed by atoms with Gasteiger partial charge in [-0.1, -0.05) is 6.07 Å². The second kappa shape index (κ2) is 5.33. The molecule has 0 amide bonds. The molecule has 0 radical (unpaired) electrons. The van der Waals surface area contributed by atoms with Crippen molar-refractivity contribution in [2.75, 3.05) is 0 Å². The molecular weight excluding hydrogens is 212 g/mol. The van der Waals surface area contributed by atoms with Crippen LogP contribution in [0.3, 0.4) is 0 Å². The number of nitrogens with zero attached hydrogens (tertiary/aromatic N) is 1. The van der Waals surface area contributed by atoms with Gasteiger partial charge in [0.05, 0.1) is 24.4 Å². The van der Waals surface area contributed by atoms with Crippen LogP contribution >= 0.6 is 0 Å². The van der Waals surface area contributed by atoms with E-state index in [0.29, 0.717) is 12.1 Å². The van der Waals surface area contributed by atoms with E-state index in [1.54, 1.807) is 6.26 Å². The molecule has 2 rings (SSSR count). The van der Waals surface area contributed by atoms with Crippen LogP contribution in [0.4, 0.5) is 0 Å². The maximum Gasteiger partial charge on any atom is 0.117 e. The van der Waals surface area contributed by atoms with E-state index in [0.717, 1.165) is 17.9 Å². The lowest BCUT2D eigenvalue weighted by Gasteiger charge is -2.06. The largest absolute Gasteiger partial charge is 0.468 e. The molecule has 0 bridgehead atoms. The van der Waals surface area contributed by atoms with Crippen LogP contribution in [-0.4, -0.2) is 0 Å². The zero-order valence-corrected chi connectivity index (χ0v) is 9.73. The Hall–Kier alpha value is -2.05. The molecule has 0 saturated heterocycles. The van der Waals surface area contributed by atoms with Gasteiger partial charge < -0.3 is 9.73 Å². The van der Waals surface area contributed by atoms with E-state index < -0.39 is 0 Å². The summed E-state index contributed by atoms with van der Waals surface area (Å²) in [6, 6.07) is 11.7. The summed E-state index contributed by atoms with van der Waals surface area (Å²) >= 11 is 0. The number of nitriles is 1. The number of furan rings is 1. The van der Waals surface area contributed by atoms with Gasteiger partial charge in [0.1, 0.15) is 5.76 Å². The van der Waals surface area contributed by atoms with Crippen LogP contribution in [0.25, 0.3) is 0 Å². The van der Waals surface area contributed by atoms with Gasteiger partial charge in [0.25, 0.3) is 0 Å². The highest BCUT2D eigenvalue weighted by Gasteiger charge is 2.00. The SMILES string of the molecule is Cc1cc(C#N)ccc1CNCc1ccco1. The molecule has 0 aliphatic heterocycles. The second-order valence-corrected chi connectivity index (χ2v) is 3.94. The topological polar surface area (TPSA) is 49.0 Å². The van der Waals surface area contributed by atoms with Crippen molar-refractivity contribution < 1.29 is 4.42 Å². The Morgan fingerprint density at radius 1 is 1.29 bits per heavy atom. The van der Waals surface area contributed by atoms with E-state index in [9.17, 15) is 0 Å². The number of aryl methyl sites for hydroxylation is 1. The highest BCUT2D eigenvalue weighted by Crippen LogP contribution is 2.10. The molecule has 1 aromatic carbocycles. The quantitative estimate of drug-likeness (QED) is 0.872. The van der Waals surface area contributed by atoms with E-state index >= 15 is 0 Å². The summed E-state index contributed by atoms with van der Waals surface area (Å²) in [7, 11) is 0. The van der Waals surface area contributed by atoms with Crippen molar-refractivity contribution in [2.45, 2.75) is 20.0 Å². The minimum atomic E-state index is 0.706. The van der Waals surface area contributed by atoms with Gasteiger partial charge >= 0.3 is 0 Å². The average molecular weight is 226 g/mol. The molecule has 1 aromatic heterocycles. The Labute approximate surface area is 101 Å². The maximum absolute atomic E-state index is 8.78. The monoisotopic (exact) mass is 226 g/mol. The average Bonchev–Trinajstić information content (AvgIpc) is 2.84. The second-order valence-electron chi connectivity index (χ2n) is 3.94. The molecule has 0 aliphatic carbocycles. The fraction of sp³-hybridized carbons (Fsp3) is 0.214. The van der Waals surface area contributed by atoms with E-state index in [2.05, 4.69) is 11.4 Å². The molecule has 17 heavy (non-hydrogen) atoms. The van der Waals surface area contributed by atoms with Crippen molar-refractivity contribution in [3.8, 4) is 6.07 Å². The van der Waals surface area contributed by atoms with Crippen molar-refractivity contribution in [3.63, 3.8) is 0 Å². The van der Waals surface area contributed by atoms with Gasteiger partial charge in [-0.05, 0) is 42.3 Å². The minimum Gasteiger partial charge on any atom is -0.468 e. The van der Waals surface area contributed by atoms with E-state index in [4.69, 9.17) is 9.68 Å². The van der Waals surface area contributed by atoms with Crippen molar-refractivity contribution >= 4 is 0 Å². The third-order valence-electron chi connectivity index (χ3n) is 2.67. The van der Waals surface area contributed by atoms with E-state index in [1.165, 1.54) is 5.56 Å². The molecule has 1 heterocycles. The molecule has 0 saturated carbocycles. The molecule has 0 fully saturated rings. The zero-order chi connectivity index (χ0) is 12.1. The molecular formula is C14H14N2O. The van der Waals surface area contributed by atoms with Crippen LogP contribution in [0, 0.1) is 18.3 Å². The highest BCUT2D eigenvalue weighted by atomic mass is 16.3. The standard InChI is InChI=1S/C14H14N2O/c1-11-7-12(8-15)4-5-13(11)9-16-10-14-3-2-6-17-14/h2-7,16H,9-10H2,1H3. The Kier molecular flexibility index (Phi) is 3.59. The van der Waals surface area contributed by atoms with Gasteiger partial charge in [0.2, 0.25) is 0 Å². The summed E-state index contributed by atoms with van der Waals surface area (Å²) in [6.07, 6.45) is 1.67. The molecule has 2 aromatic rings. The first-order valence-electron chi connectivity index (χ1n) is 5.52. The molecule has 0 atom stereocenters. The summed E-state index contributed by atoms with van der Waals surface area (Å²) in [5.41, 5.74) is 3.05. The third kappa shape index (κ3) is 2.96. The van der Waals surface area contributed by atoms with Crippen molar-refractivity contribution in [1.29, 1.82) is 5.26 Å². The lowest BCUT2D eigenvalue weighted by Crippen LogP contribution is -2.13. The molecule has 3 nitrogen and oxygen atoms in total. The first-order chi connectivity index (χ1) is 8.29. The first-order valence-corrected chi connectivity index (χ1v) is 5.52. The van der Waals surface area contributed by atoms with Crippen molar-refractivity contribution in [2.24, 2.45) is 0 Å². The predicted molar refractivity (Wildman–Crippen MR) is 65.1 cm³/mol. The van der Waals surface area contributed by atoms with Crippen LogP contribution in [0.15, 0.2) is 41.0 Å². The van der Waals surface area contributed by atoms with Gasteiger partial charge in [0.15, 0.2) is 0 Å². The van der Waals surface area contributed by atoms with Gasteiger partial charge in [-0.25, -0.2) is 0 Å². The van der Waals surface area contributed by atoms with Crippen LogP contribution in [0.2, 0.25) is 0 Å². The normalized spacial score (nSPS) is 10.1. The number of hydrogen-bond acceptors (Lipinski definition) is 3. The Morgan fingerprint density at radius 3 is 2.82 bits per heavy atom. The number of benzene rings is 1. The number of rotatable bonds is 4. The van der Waals surface area contributed by atoms with Crippen LogP contribution in [0.1, 0.15) is 22.5 Å². The van der Waals surface area contributed by atoms with Gasteiger partial charge in [-0.15, -0.1) is 0 Å². The maximum atomic E-state index is 8.78. The molecule has 0 spiro atoms. The molecule has 86 valence electrons. The summed E-state index contributed by atoms with van der Waals surface area (Å²) in [6.45, 7) is 3.51. The summed E-state index contributed by atoms with van der Waals surface area (Å²) in [5, 5.41) is 12.1. The first kappa shape index (κ1) is 11.4. The smallest absolute Gasteiger partial charge is 0.117 e. The minimum absolute atomic E-state index is 0.706. The molecule has 1 N–H and O–H groups in total. The van der Waals surface area contributed by atoms with Gasteiger partial charge in [-0.3, -0.25) is 0 Å². The van der Waals surface area contributed by atoms with E-state index in [-0.39, 0.29) is 0 Å². The Balaban J connectivity index is 1.93. The highest BCUT2D eigenvalue weighted by molar-refractivity contribution is 5.37. The van der Waals surface area contributed by atoms with Gasteiger partial charge in [-0.2, -0.15) is 5.26 Å². The lowest BCUT2D eigenvalue weighted by molar-refractivity contribution is 0.483. The molecule has 0 aliphatic rings. The fourth-order valence-corrected chi connectivity index (χ4v) is 1.70. The lowest BCUT2D eigenvalue weighted by atomic mass is 10.1.